The van der Waals surface area contributed by atoms with Gasteiger partial charge >= 0.3 is 0 Å². The molecule has 1 aromatic rings. The van der Waals surface area contributed by atoms with E-state index in [1.54, 1.807) is 12.3 Å². The number of nitrogens with two attached hydrogens (primary N) is 1. The molecule has 1 aromatic heterocycles. The van der Waals surface area contributed by atoms with Crippen molar-refractivity contribution < 1.29 is 0 Å². The molecule has 0 amide bonds. The molecule has 0 bridgehead atoms. The molecule has 1 saturated heterocycles. The topological polar surface area (TPSA) is 50.9 Å². The Kier molecular flexibility index (Phi) is 3.50. The molecule has 1 fully saturated rings. The summed E-state index contributed by atoms with van der Waals surface area (Å²) in [4.78, 5) is 4.19. The van der Waals surface area contributed by atoms with E-state index in [2.05, 4.69) is 17.2 Å². The maximum Gasteiger partial charge on any atom is 0.144 e. The van der Waals surface area contributed by atoms with E-state index in [4.69, 9.17) is 17.3 Å². The monoisotopic (exact) mass is 257 g/mol. The smallest absolute Gasteiger partial charge is 0.144 e. The number of thioether (sulfide) groups is 1. The third-order valence-corrected chi connectivity index (χ3v) is 4.62. The maximum absolute atomic E-state index is 6.05. The van der Waals surface area contributed by atoms with Gasteiger partial charge in [-0.2, -0.15) is 11.8 Å². The standard InChI is InChI=1S/C11H16ClN3S/c1-11(3-2-4-16-11)7-15-10-9(12)5-8(13)6-14-10/h5-6H,2-4,7,13H2,1H3,(H,14,15). The van der Waals surface area contributed by atoms with E-state index in [1.807, 2.05) is 11.8 Å². The van der Waals surface area contributed by atoms with Crippen molar-refractivity contribution in [2.24, 2.45) is 0 Å². The molecule has 0 spiro atoms. The minimum atomic E-state index is 0.312. The molecule has 2 rings (SSSR count). The molecule has 1 atom stereocenters. The molecule has 0 saturated carbocycles. The number of nitrogen functional groups attached to an aromatic ring is 1. The van der Waals surface area contributed by atoms with E-state index in [1.165, 1.54) is 18.6 Å². The second-order valence-electron chi connectivity index (χ2n) is 4.35. The third kappa shape index (κ3) is 2.74. The first-order valence-electron chi connectivity index (χ1n) is 5.38. The fraction of sp³-hybridized carbons (Fsp3) is 0.545. The summed E-state index contributed by atoms with van der Waals surface area (Å²) < 4.78 is 0.312. The molecule has 0 radical (unpaired) electrons. The van der Waals surface area contributed by atoms with Crippen LogP contribution < -0.4 is 11.1 Å². The lowest BCUT2D eigenvalue weighted by atomic mass is 10.1. The van der Waals surface area contributed by atoms with Crippen LogP contribution >= 0.6 is 23.4 Å². The van der Waals surface area contributed by atoms with Gasteiger partial charge in [-0.1, -0.05) is 11.6 Å². The van der Waals surface area contributed by atoms with Crippen LogP contribution in [0.1, 0.15) is 19.8 Å². The van der Waals surface area contributed by atoms with E-state index in [0.29, 0.717) is 15.5 Å². The third-order valence-electron chi connectivity index (χ3n) is 2.79. The highest BCUT2D eigenvalue weighted by molar-refractivity contribution is 8.00. The van der Waals surface area contributed by atoms with E-state index in [-0.39, 0.29) is 0 Å². The summed E-state index contributed by atoms with van der Waals surface area (Å²) >= 11 is 8.06. The van der Waals surface area contributed by atoms with Gasteiger partial charge in [0, 0.05) is 11.3 Å². The van der Waals surface area contributed by atoms with Crippen molar-refractivity contribution in [2.75, 3.05) is 23.3 Å². The summed E-state index contributed by atoms with van der Waals surface area (Å²) in [5.74, 6) is 1.98. The highest BCUT2D eigenvalue weighted by Crippen LogP contribution is 2.38. The van der Waals surface area contributed by atoms with E-state index >= 15 is 0 Å². The number of halogens is 1. The van der Waals surface area contributed by atoms with Crippen LogP contribution in [-0.2, 0) is 0 Å². The normalized spacial score (nSPS) is 24.6. The van der Waals surface area contributed by atoms with Crippen molar-refractivity contribution in [2.45, 2.75) is 24.5 Å². The van der Waals surface area contributed by atoms with Gasteiger partial charge in [-0.25, -0.2) is 4.98 Å². The number of pyridine rings is 1. The predicted molar refractivity (Wildman–Crippen MR) is 72.2 cm³/mol. The van der Waals surface area contributed by atoms with Gasteiger partial charge < -0.3 is 11.1 Å². The molecule has 1 unspecified atom stereocenters. The first-order chi connectivity index (χ1) is 7.59. The number of nitrogens with one attached hydrogen (secondary N) is 1. The van der Waals surface area contributed by atoms with Crippen molar-refractivity contribution >= 4 is 34.9 Å². The summed E-state index contributed by atoms with van der Waals surface area (Å²) in [6, 6.07) is 1.72. The van der Waals surface area contributed by atoms with Crippen LogP contribution in [0.15, 0.2) is 12.3 Å². The molecule has 16 heavy (non-hydrogen) atoms. The highest BCUT2D eigenvalue weighted by Gasteiger charge is 2.29. The van der Waals surface area contributed by atoms with Crippen molar-refractivity contribution in [3.8, 4) is 0 Å². The SMILES string of the molecule is CC1(CNc2ncc(N)cc2Cl)CCCS1. The van der Waals surface area contributed by atoms with Crippen LogP contribution in [0.3, 0.4) is 0 Å². The summed E-state index contributed by atoms with van der Waals surface area (Å²) in [6.45, 7) is 3.18. The number of aromatic nitrogens is 1. The molecule has 0 aliphatic carbocycles. The average molecular weight is 258 g/mol. The minimum absolute atomic E-state index is 0.312. The Labute approximate surface area is 105 Å². The van der Waals surface area contributed by atoms with Gasteiger partial charge in [0.2, 0.25) is 0 Å². The zero-order chi connectivity index (χ0) is 11.6. The van der Waals surface area contributed by atoms with Crippen LogP contribution in [0.4, 0.5) is 11.5 Å². The fourth-order valence-electron chi connectivity index (χ4n) is 1.83. The van der Waals surface area contributed by atoms with Gasteiger partial charge in [-0.05, 0) is 31.6 Å². The van der Waals surface area contributed by atoms with Crippen molar-refractivity contribution in [1.82, 2.24) is 4.98 Å². The van der Waals surface area contributed by atoms with E-state index in [9.17, 15) is 0 Å². The van der Waals surface area contributed by atoms with Crippen LogP contribution in [0.5, 0.6) is 0 Å². The summed E-state index contributed by atoms with van der Waals surface area (Å²) in [7, 11) is 0. The van der Waals surface area contributed by atoms with Gasteiger partial charge in [-0.3, -0.25) is 0 Å². The fourth-order valence-corrected chi connectivity index (χ4v) is 3.32. The van der Waals surface area contributed by atoms with Crippen molar-refractivity contribution in [3.05, 3.63) is 17.3 Å². The number of rotatable bonds is 3. The van der Waals surface area contributed by atoms with Gasteiger partial charge in [-0.15, -0.1) is 0 Å². The zero-order valence-corrected chi connectivity index (χ0v) is 10.9. The lowest BCUT2D eigenvalue weighted by molar-refractivity contribution is 0.634. The largest absolute Gasteiger partial charge is 0.397 e. The lowest BCUT2D eigenvalue weighted by Gasteiger charge is -2.23. The van der Waals surface area contributed by atoms with Crippen LogP contribution in [-0.4, -0.2) is 22.0 Å². The zero-order valence-electron chi connectivity index (χ0n) is 9.29. The number of anilines is 2. The molecule has 88 valence electrons. The molecule has 2 heterocycles. The number of nitrogens with zero attached hydrogens (tertiary/aromatic N) is 1. The molecule has 5 heteroatoms. The molecule has 1 aliphatic rings. The van der Waals surface area contributed by atoms with Gasteiger partial charge in [0.1, 0.15) is 5.82 Å². The van der Waals surface area contributed by atoms with Gasteiger partial charge in [0.25, 0.3) is 0 Å². The molecular weight excluding hydrogens is 242 g/mol. The molecule has 3 N–H and O–H groups in total. The Morgan fingerprint density at radius 2 is 2.50 bits per heavy atom. The number of hydrogen-bond acceptors (Lipinski definition) is 4. The van der Waals surface area contributed by atoms with E-state index < -0.39 is 0 Å². The van der Waals surface area contributed by atoms with Gasteiger partial charge in [0.15, 0.2) is 0 Å². The summed E-state index contributed by atoms with van der Waals surface area (Å²) in [5.41, 5.74) is 6.19. The Bertz CT molecular complexity index is 377. The van der Waals surface area contributed by atoms with Crippen molar-refractivity contribution in [1.29, 1.82) is 0 Å². The first-order valence-corrected chi connectivity index (χ1v) is 6.74. The predicted octanol–water partition coefficient (Wildman–Crippen LogP) is 3.01. The van der Waals surface area contributed by atoms with Crippen LogP contribution in [0.2, 0.25) is 5.02 Å². The molecule has 1 aliphatic heterocycles. The molecule has 0 aromatic carbocycles. The van der Waals surface area contributed by atoms with Crippen molar-refractivity contribution in [3.63, 3.8) is 0 Å². The summed E-state index contributed by atoms with van der Waals surface area (Å²) in [6.07, 6.45) is 4.17. The van der Waals surface area contributed by atoms with Crippen LogP contribution in [0.25, 0.3) is 0 Å². The summed E-state index contributed by atoms with van der Waals surface area (Å²) in [5, 5.41) is 3.89. The second kappa shape index (κ2) is 4.72. The molecule has 3 nitrogen and oxygen atoms in total. The first kappa shape index (κ1) is 11.9. The quantitative estimate of drug-likeness (QED) is 0.874. The van der Waals surface area contributed by atoms with E-state index in [0.717, 1.165) is 12.4 Å². The Balaban J connectivity index is 1.99. The Morgan fingerprint density at radius 3 is 3.12 bits per heavy atom. The lowest BCUT2D eigenvalue weighted by Crippen LogP contribution is -2.27. The Morgan fingerprint density at radius 1 is 1.69 bits per heavy atom. The second-order valence-corrected chi connectivity index (χ2v) is 6.44. The average Bonchev–Trinajstić information content (AvgIpc) is 2.64. The number of hydrogen-bond donors (Lipinski definition) is 2. The molecular formula is C11H16ClN3S. The van der Waals surface area contributed by atoms with Crippen LogP contribution in [0, 0.1) is 0 Å². The Hall–Kier alpha value is -0.610. The van der Waals surface area contributed by atoms with Gasteiger partial charge in [0.05, 0.1) is 16.9 Å². The maximum atomic E-state index is 6.05. The minimum Gasteiger partial charge on any atom is -0.397 e. The highest BCUT2D eigenvalue weighted by atomic mass is 35.5.